The SMILES string of the molecule is CC(C)N(C)S(=O)(=O)N1CCC2(CC1)OCCO2. The summed E-state index contributed by atoms with van der Waals surface area (Å²) in [5.41, 5.74) is 0. The van der Waals surface area contributed by atoms with Crippen LogP contribution >= 0.6 is 0 Å². The van der Waals surface area contributed by atoms with Crippen molar-refractivity contribution < 1.29 is 17.9 Å². The number of piperidine rings is 1. The van der Waals surface area contributed by atoms with Gasteiger partial charge in [-0.1, -0.05) is 0 Å². The van der Waals surface area contributed by atoms with Crippen LogP contribution in [0, 0.1) is 0 Å². The van der Waals surface area contributed by atoms with E-state index in [4.69, 9.17) is 9.47 Å². The van der Waals surface area contributed by atoms with Crippen LogP contribution in [0.4, 0.5) is 0 Å². The molecule has 2 rings (SSSR count). The second-order valence-corrected chi connectivity index (χ2v) is 7.11. The van der Waals surface area contributed by atoms with E-state index in [-0.39, 0.29) is 6.04 Å². The van der Waals surface area contributed by atoms with Crippen LogP contribution in [0.25, 0.3) is 0 Å². The molecule has 0 aliphatic carbocycles. The van der Waals surface area contributed by atoms with Gasteiger partial charge in [0, 0.05) is 39.0 Å². The van der Waals surface area contributed by atoms with Gasteiger partial charge in [-0.2, -0.15) is 17.0 Å². The Hall–Kier alpha value is -0.210. The van der Waals surface area contributed by atoms with E-state index in [1.807, 2.05) is 13.8 Å². The molecule has 0 unspecified atom stereocenters. The summed E-state index contributed by atoms with van der Waals surface area (Å²) in [5, 5.41) is 0. The van der Waals surface area contributed by atoms with Gasteiger partial charge >= 0.3 is 0 Å². The van der Waals surface area contributed by atoms with Crippen LogP contribution in [0.15, 0.2) is 0 Å². The fourth-order valence-corrected chi connectivity index (χ4v) is 3.83. The van der Waals surface area contributed by atoms with Gasteiger partial charge in [-0.25, -0.2) is 0 Å². The first-order chi connectivity index (χ1) is 8.37. The van der Waals surface area contributed by atoms with Crippen molar-refractivity contribution in [2.75, 3.05) is 33.4 Å². The van der Waals surface area contributed by atoms with Crippen molar-refractivity contribution >= 4 is 10.2 Å². The van der Waals surface area contributed by atoms with Crippen molar-refractivity contribution in [3.05, 3.63) is 0 Å². The highest BCUT2D eigenvalue weighted by Gasteiger charge is 2.43. The van der Waals surface area contributed by atoms with Crippen LogP contribution in [0.5, 0.6) is 0 Å². The van der Waals surface area contributed by atoms with Crippen LogP contribution in [0.1, 0.15) is 26.7 Å². The molecule has 106 valence electrons. The molecular formula is C11H22N2O4S. The maximum Gasteiger partial charge on any atom is 0.281 e. The molecule has 2 aliphatic heterocycles. The average Bonchev–Trinajstić information content (AvgIpc) is 2.77. The maximum absolute atomic E-state index is 12.3. The summed E-state index contributed by atoms with van der Waals surface area (Å²) in [6.07, 6.45) is 1.22. The molecule has 2 saturated heterocycles. The highest BCUT2D eigenvalue weighted by molar-refractivity contribution is 7.86. The minimum Gasteiger partial charge on any atom is -0.347 e. The van der Waals surface area contributed by atoms with E-state index in [0.29, 0.717) is 39.1 Å². The standard InChI is InChI=1S/C11H22N2O4S/c1-10(2)12(3)18(14,15)13-6-4-11(5-7-13)16-8-9-17-11/h10H,4-9H2,1-3H3. The summed E-state index contributed by atoms with van der Waals surface area (Å²) in [4.78, 5) is 0. The fraction of sp³-hybridized carbons (Fsp3) is 1.00. The molecule has 0 radical (unpaired) electrons. The fourth-order valence-electron chi connectivity index (χ4n) is 2.29. The zero-order chi connectivity index (χ0) is 13.4. The predicted octanol–water partition coefficient (Wildman–Crippen LogP) is 0.410. The predicted molar refractivity (Wildman–Crippen MR) is 67.3 cm³/mol. The van der Waals surface area contributed by atoms with E-state index in [9.17, 15) is 8.42 Å². The molecule has 0 aromatic carbocycles. The molecule has 0 bridgehead atoms. The third kappa shape index (κ3) is 2.55. The Bertz CT molecular complexity index is 380. The van der Waals surface area contributed by atoms with Gasteiger partial charge in [-0.3, -0.25) is 0 Å². The number of hydrogen-bond acceptors (Lipinski definition) is 4. The molecule has 0 aromatic heterocycles. The van der Waals surface area contributed by atoms with Gasteiger partial charge in [0.05, 0.1) is 13.2 Å². The lowest BCUT2D eigenvalue weighted by atomic mass is 10.1. The molecular weight excluding hydrogens is 256 g/mol. The Morgan fingerprint density at radius 1 is 1.17 bits per heavy atom. The normalized spacial score (nSPS) is 25.4. The minimum atomic E-state index is -3.35. The highest BCUT2D eigenvalue weighted by atomic mass is 32.2. The molecule has 1 spiro atoms. The number of hydrogen-bond donors (Lipinski definition) is 0. The van der Waals surface area contributed by atoms with Crippen molar-refractivity contribution in [2.24, 2.45) is 0 Å². The highest BCUT2D eigenvalue weighted by Crippen LogP contribution is 2.32. The molecule has 2 fully saturated rings. The molecule has 0 aromatic rings. The Morgan fingerprint density at radius 3 is 2.11 bits per heavy atom. The lowest BCUT2D eigenvalue weighted by molar-refractivity contribution is -0.179. The van der Waals surface area contributed by atoms with Crippen molar-refractivity contribution in [2.45, 2.75) is 38.5 Å². The first kappa shape index (κ1) is 14.2. The molecule has 7 heteroatoms. The molecule has 0 N–H and O–H groups in total. The largest absolute Gasteiger partial charge is 0.347 e. The smallest absolute Gasteiger partial charge is 0.281 e. The third-order valence-electron chi connectivity index (χ3n) is 3.72. The first-order valence-corrected chi connectivity index (χ1v) is 7.78. The van der Waals surface area contributed by atoms with Crippen LogP contribution < -0.4 is 0 Å². The quantitative estimate of drug-likeness (QED) is 0.750. The van der Waals surface area contributed by atoms with Crippen molar-refractivity contribution in [3.8, 4) is 0 Å². The molecule has 0 atom stereocenters. The molecule has 2 heterocycles. The Kier molecular flexibility index (Phi) is 3.99. The summed E-state index contributed by atoms with van der Waals surface area (Å²) >= 11 is 0. The van der Waals surface area contributed by atoms with Crippen molar-refractivity contribution in [1.29, 1.82) is 0 Å². The Morgan fingerprint density at radius 2 is 1.67 bits per heavy atom. The van der Waals surface area contributed by atoms with E-state index in [1.54, 1.807) is 7.05 Å². The van der Waals surface area contributed by atoms with E-state index >= 15 is 0 Å². The van der Waals surface area contributed by atoms with Gasteiger partial charge in [0.25, 0.3) is 10.2 Å². The summed E-state index contributed by atoms with van der Waals surface area (Å²) in [5.74, 6) is -0.525. The van der Waals surface area contributed by atoms with E-state index in [2.05, 4.69) is 0 Å². The van der Waals surface area contributed by atoms with E-state index in [1.165, 1.54) is 8.61 Å². The molecule has 0 amide bonds. The third-order valence-corrected chi connectivity index (χ3v) is 5.88. The Labute approximate surface area is 109 Å². The van der Waals surface area contributed by atoms with Crippen LogP contribution in [-0.2, 0) is 19.7 Å². The van der Waals surface area contributed by atoms with Crippen molar-refractivity contribution in [1.82, 2.24) is 8.61 Å². The van der Waals surface area contributed by atoms with E-state index in [0.717, 1.165) is 0 Å². The van der Waals surface area contributed by atoms with Gasteiger partial charge in [-0.05, 0) is 13.8 Å². The zero-order valence-electron chi connectivity index (χ0n) is 11.3. The summed E-state index contributed by atoms with van der Waals surface area (Å²) in [6, 6.07) is -0.0372. The van der Waals surface area contributed by atoms with Gasteiger partial charge < -0.3 is 9.47 Å². The van der Waals surface area contributed by atoms with Crippen LogP contribution in [0.3, 0.4) is 0 Å². The van der Waals surface area contributed by atoms with Gasteiger partial charge in [0.1, 0.15) is 0 Å². The lowest BCUT2D eigenvalue weighted by Crippen LogP contribution is -2.52. The topological polar surface area (TPSA) is 59.1 Å². The summed E-state index contributed by atoms with van der Waals surface area (Å²) in [6.45, 7) is 5.87. The lowest BCUT2D eigenvalue weighted by Gasteiger charge is -2.38. The number of nitrogens with zero attached hydrogens (tertiary/aromatic N) is 2. The average molecular weight is 278 g/mol. The second kappa shape index (κ2) is 5.05. The van der Waals surface area contributed by atoms with Gasteiger partial charge in [-0.15, -0.1) is 0 Å². The van der Waals surface area contributed by atoms with Crippen molar-refractivity contribution in [3.63, 3.8) is 0 Å². The monoisotopic (exact) mass is 278 g/mol. The molecule has 6 nitrogen and oxygen atoms in total. The molecule has 0 saturated carbocycles. The number of ether oxygens (including phenoxy) is 2. The van der Waals surface area contributed by atoms with Crippen LogP contribution in [-0.4, -0.2) is 62.2 Å². The van der Waals surface area contributed by atoms with Gasteiger partial charge in [0.2, 0.25) is 0 Å². The van der Waals surface area contributed by atoms with Crippen LogP contribution in [0.2, 0.25) is 0 Å². The Balaban J connectivity index is 2.01. The zero-order valence-corrected chi connectivity index (χ0v) is 12.1. The number of rotatable bonds is 3. The molecule has 2 aliphatic rings. The minimum absolute atomic E-state index is 0.0372. The summed E-state index contributed by atoms with van der Waals surface area (Å²) < 4.78 is 38.7. The first-order valence-electron chi connectivity index (χ1n) is 6.38. The van der Waals surface area contributed by atoms with Gasteiger partial charge in [0.15, 0.2) is 5.79 Å². The maximum atomic E-state index is 12.3. The van der Waals surface area contributed by atoms with E-state index < -0.39 is 16.0 Å². The second-order valence-electron chi connectivity index (χ2n) is 5.12. The molecule has 18 heavy (non-hydrogen) atoms. The summed E-state index contributed by atoms with van der Waals surface area (Å²) in [7, 11) is -1.73.